The highest BCUT2D eigenvalue weighted by Gasteiger charge is 2.32. The number of anilines is 2. The minimum absolute atomic E-state index is 0.112. The summed E-state index contributed by atoms with van der Waals surface area (Å²) in [5, 5.41) is 3.26. The Bertz CT molecular complexity index is 399. The maximum absolute atomic E-state index is 13.4. The zero-order valence-electron chi connectivity index (χ0n) is 8.89. The highest BCUT2D eigenvalue weighted by Crippen LogP contribution is 2.38. The Morgan fingerprint density at radius 2 is 2.20 bits per heavy atom. The zero-order valence-corrected chi connectivity index (χ0v) is 8.89. The van der Waals surface area contributed by atoms with Crippen molar-refractivity contribution in [2.75, 3.05) is 23.3 Å². The van der Waals surface area contributed by atoms with Crippen molar-refractivity contribution in [1.29, 1.82) is 0 Å². The third-order valence-electron chi connectivity index (χ3n) is 3.24. The number of rotatable bonds is 1. The van der Waals surface area contributed by atoms with Crippen LogP contribution >= 0.6 is 0 Å². The monoisotopic (exact) mass is 206 g/mol. The van der Waals surface area contributed by atoms with E-state index in [2.05, 4.69) is 10.2 Å². The summed E-state index contributed by atoms with van der Waals surface area (Å²) >= 11 is 0. The van der Waals surface area contributed by atoms with Crippen LogP contribution in [0.2, 0.25) is 0 Å². The number of benzene rings is 1. The quantitative estimate of drug-likeness (QED) is 0.759. The van der Waals surface area contributed by atoms with E-state index in [0.29, 0.717) is 6.04 Å². The van der Waals surface area contributed by atoms with Gasteiger partial charge in [0.25, 0.3) is 0 Å². The molecule has 1 heterocycles. The van der Waals surface area contributed by atoms with Crippen molar-refractivity contribution in [3.05, 3.63) is 23.5 Å². The van der Waals surface area contributed by atoms with Gasteiger partial charge < -0.3 is 10.2 Å². The van der Waals surface area contributed by atoms with Gasteiger partial charge in [-0.15, -0.1) is 0 Å². The molecule has 1 aliphatic heterocycles. The van der Waals surface area contributed by atoms with E-state index >= 15 is 0 Å². The van der Waals surface area contributed by atoms with Crippen LogP contribution in [0.4, 0.5) is 15.8 Å². The lowest BCUT2D eigenvalue weighted by atomic mass is 10.1. The second kappa shape index (κ2) is 3.12. The van der Waals surface area contributed by atoms with Crippen LogP contribution in [0.5, 0.6) is 0 Å². The molecule has 0 amide bonds. The van der Waals surface area contributed by atoms with Crippen molar-refractivity contribution >= 4 is 11.4 Å². The van der Waals surface area contributed by atoms with Gasteiger partial charge in [0.15, 0.2) is 0 Å². The molecule has 1 N–H and O–H groups in total. The molecule has 0 unspecified atom stereocenters. The minimum Gasteiger partial charge on any atom is -0.382 e. The second-order valence-corrected chi connectivity index (χ2v) is 4.47. The van der Waals surface area contributed by atoms with E-state index in [9.17, 15) is 4.39 Å². The number of hydrogen-bond acceptors (Lipinski definition) is 2. The molecule has 0 radical (unpaired) electrons. The number of fused-ring (bicyclic) bond motifs is 1. The molecule has 0 aromatic heterocycles. The normalized spacial score (nSPS) is 19.7. The summed E-state index contributed by atoms with van der Waals surface area (Å²) in [4.78, 5) is 2.41. The Kier molecular flexibility index (Phi) is 1.87. The summed E-state index contributed by atoms with van der Waals surface area (Å²) in [6.07, 6.45) is 2.58. The molecule has 1 saturated carbocycles. The first-order valence-electron chi connectivity index (χ1n) is 5.56. The fourth-order valence-corrected chi connectivity index (χ4v) is 2.24. The van der Waals surface area contributed by atoms with Gasteiger partial charge in [-0.2, -0.15) is 0 Å². The predicted octanol–water partition coefficient (Wildman–Crippen LogP) is 2.53. The van der Waals surface area contributed by atoms with Crippen LogP contribution in [0.3, 0.4) is 0 Å². The topological polar surface area (TPSA) is 15.3 Å². The maximum Gasteiger partial charge on any atom is 0.128 e. The van der Waals surface area contributed by atoms with Gasteiger partial charge in [0.2, 0.25) is 0 Å². The minimum atomic E-state index is -0.112. The van der Waals surface area contributed by atoms with Crippen LogP contribution in [-0.4, -0.2) is 19.1 Å². The Labute approximate surface area is 89.1 Å². The number of hydrogen-bond donors (Lipinski definition) is 1. The standard InChI is InChI=1S/C12H15FN2/c1-8-6-12-11(7-10(8)13)14-4-5-15(12)9-2-3-9/h6-7,9,14H,2-5H2,1H3. The third-order valence-corrected chi connectivity index (χ3v) is 3.24. The molecule has 1 aromatic carbocycles. The fraction of sp³-hybridized carbons (Fsp3) is 0.500. The number of nitrogens with one attached hydrogen (secondary N) is 1. The van der Waals surface area contributed by atoms with Crippen LogP contribution in [-0.2, 0) is 0 Å². The van der Waals surface area contributed by atoms with Gasteiger partial charge >= 0.3 is 0 Å². The van der Waals surface area contributed by atoms with Crippen LogP contribution in [0.1, 0.15) is 18.4 Å². The van der Waals surface area contributed by atoms with Crippen molar-refractivity contribution in [2.45, 2.75) is 25.8 Å². The van der Waals surface area contributed by atoms with Gasteiger partial charge in [-0.1, -0.05) is 0 Å². The van der Waals surface area contributed by atoms with E-state index in [1.54, 1.807) is 6.07 Å². The van der Waals surface area contributed by atoms with Gasteiger partial charge in [-0.3, -0.25) is 0 Å². The highest BCUT2D eigenvalue weighted by atomic mass is 19.1. The molecule has 1 fully saturated rings. The van der Waals surface area contributed by atoms with E-state index < -0.39 is 0 Å². The molecule has 0 bridgehead atoms. The molecule has 1 aromatic rings. The molecule has 2 nitrogen and oxygen atoms in total. The van der Waals surface area contributed by atoms with Crippen LogP contribution in [0.15, 0.2) is 12.1 Å². The third kappa shape index (κ3) is 1.46. The first-order valence-corrected chi connectivity index (χ1v) is 5.56. The number of nitrogens with zero attached hydrogens (tertiary/aromatic N) is 1. The smallest absolute Gasteiger partial charge is 0.128 e. The van der Waals surface area contributed by atoms with E-state index in [0.717, 1.165) is 24.3 Å². The highest BCUT2D eigenvalue weighted by molar-refractivity contribution is 5.74. The summed E-state index contributed by atoms with van der Waals surface area (Å²) < 4.78 is 13.4. The molecule has 0 atom stereocenters. The summed E-state index contributed by atoms with van der Waals surface area (Å²) in [6.45, 7) is 3.80. The lowest BCUT2D eigenvalue weighted by molar-refractivity contribution is 0.617. The van der Waals surface area contributed by atoms with E-state index in [4.69, 9.17) is 0 Å². The van der Waals surface area contributed by atoms with Gasteiger partial charge in [0.05, 0.1) is 11.4 Å². The second-order valence-electron chi connectivity index (χ2n) is 4.47. The summed E-state index contributed by atoms with van der Waals surface area (Å²) in [5.74, 6) is -0.112. The van der Waals surface area contributed by atoms with Crippen molar-refractivity contribution in [2.24, 2.45) is 0 Å². The number of aryl methyl sites for hydroxylation is 1. The van der Waals surface area contributed by atoms with Crippen molar-refractivity contribution in [3.8, 4) is 0 Å². The van der Waals surface area contributed by atoms with E-state index in [1.807, 2.05) is 13.0 Å². The lowest BCUT2D eigenvalue weighted by Crippen LogP contribution is -2.35. The van der Waals surface area contributed by atoms with E-state index in [1.165, 1.54) is 18.5 Å². The molecule has 0 spiro atoms. The van der Waals surface area contributed by atoms with Crippen LogP contribution in [0, 0.1) is 12.7 Å². The molecule has 0 saturated heterocycles. The van der Waals surface area contributed by atoms with Gasteiger partial charge in [0, 0.05) is 19.1 Å². The fourth-order valence-electron chi connectivity index (χ4n) is 2.24. The van der Waals surface area contributed by atoms with Gasteiger partial charge in [-0.05, 0) is 37.5 Å². The largest absolute Gasteiger partial charge is 0.382 e. The average Bonchev–Trinajstić information content (AvgIpc) is 3.02. The van der Waals surface area contributed by atoms with Crippen molar-refractivity contribution in [3.63, 3.8) is 0 Å². The van der Waals surface area contributed by atoms with Crippen molar-refractivity contribution < 1.29 is 4.39 Å². The summed E-state index contributed by atoms with van der Waals surface area (Å²) in [7, 11) is 0. The molecular formula is C12H15FN2. The number of halogens is 1. The average molecular weight is 206 g/mol. The Hall–Kier alpha value is -1.25. The molecular weight excluding hydrogens is 191 g/mol. The van der Waals surface area contributed by atoms with Crippen LogP contribution in [0.25, 0.3) is 0 Å². The molecule has 3 heteroatoms. The van der Waals surface area contributed by atoms with Crippen LogP contribution < -0.4 is 10.2 Å². The van der Waals surface area contributed by atoms with Gasteiger partial charge in [0.1, 0.15) is 5.82 Å². The molecule has 15 heavy (non-hydrogen) atoms. The molecule has 1 aliphatic carbocycles. The van der Waals surface area contributed by atoms with Crippen molar-refractivity contribution in [1.82, 2.24) is 0 Å². The summed E-state index contributed by atoms with van der Waals surface area (Å²) in [5.41, 5.74) is 2.88. The SMILES string of the molecule is Cc1cc2c(cc1F)NCCN2C1CC1. The Morgan fingerprint density at radius 3 is 2.93 bits per heavy atom. The van der Waals surface area contributed by atoms with E-state index in [-0.39, 0.29) is 5.82 Å². The van der Waals surface area contributed by atoms with Gasteiger partial charge in [-0.25, -0.2) is 4.39 Å². The lowest BCUT2D eigenvalue weighted by Gasteiger charge is -2.32. The maximum atomic E-state index is 13.4. The molecule has 3 rings (SSSR count). The molecule has 80 valence electrons. The first kappa shape index (κ1) is 9.01. The predicted molar refractivity (Wildman–Crippen MR) is 60.0 cm³/mol. The molecule has 2 aliphatic rings. The Morgan fingerprint density at radius 1 is 1.40 bits per heavy atom. The first-order chi connectivity index (χ1) is 7.25. The zero-order chi connectivity index (χ0) is 10.4. The Balaban J connectivity index is 2.05. The summed E-state index contributed by atoms with van der Waals surface area (Å²) in [6, 6.07) is 4.30.